The molecule has 0 amide bonds. The minimum absolute atomic E-state index is 0.153. The lowest BCUT2D eigenvalue weighted by Gasteiger charge is -2.20. The number of rotatable bonds is 11. The monoisotopic (exact) mass is 318 g/mol. The van der Waals surface area contributed by atoms with E-state index < -0.39 is 0 Å². The van der Waals surface area contributed by atoms with Gasteiger partial charge in [-0.3, -0.25) is 0 Å². The van der Waals surface area contributed by atoms with Gasteiger partial charge in [0.1, 0.15) is 5.75 Å². The Hall–Kier alpha value is -0.980. The Kier molecular flexibility index (Phi) is 9.36. The molecule has 0 unspecified atom stereocenters. The van der Waals surface area contributed by atoms with Gasteiger partial charge in [0.25, 0.3) is 0 Å². The molecule has 0 aliphatic carbocycles. The fourth-order valence-electron chi connectivity index (χ4n) is 3.06. The third kappa shape index (κ3) is 8.44. The summed E-state index contributed by atoms with van der Waals surface area (Å²) in [6.07, 6.45) is 14.6. The number of phenols is 1. The van der Waals surface area contributed by atoms with Gasteiger partial charge in [-0.2, -0.15) is 0 Å². The van der Waals surface area contributed by atoms with Crippen LogP contribution in [0.25, 0.3) is 0 Å². The molecule has 0 heterocycles. The number of phenolic OH excluding ortho intramolecular Hbond substituents is 1. The Morgan fingerprint density at radius 2 is 1.30 bits per heavy atom. The normalized spacial score (nSPS) is 11.8. The van der Waals surface area contributed by atoms with Crippen LogP contribution in [0, 0.1) is 0 Å². The maximum Gasteiger partial charge on any atom is 0.118 e. The van der Waals surface area contributed by atoms with Gasteiger partial charge in [-0.1, -0.05) is 97.6 Å². The summed E-state index contributed by atoms with van der Waals surface area (Å²) >= 11 is 0. The minimum Gasteiger partial charge on any atom is -0.508 e. The van der Waals surface area contributed by atoms with E-state index in [0.717, 1.165) is 12.0 Å². The first-order valence-corrected chi connectivity index (χ1v) is 9.77. The van der Waals surface area contributed by atoms with Gasteiger partial charge in [0.05, 0.1) is 0 Å². The smallest absolute Gasteiger partial charge is 0.118 e. The number of hydrogen-bond donors (Lipinski definition) is 1. The summed E-state index contributed by atoms with van der Waals surface area (Å²) in [5, 5.41) is 10.0. The Morgan fingerprint density at radius 3 is 1.83 bits per heavy atom. The van der Waals surface area contributed by atoms with Crippen LogP contribution in [-0.4, -0.2) is 5.11 Å². The van der Waals surface area contributed by atoms with Crippen molar-refractivity contribution in [1.82, 2.24) is 0 Å². The molecule has 1 rings (SSSR count). The molecule has 1 nitrogen and oxygen atoms in total. The predicted octanol–water partition coefficient (Wildman–Crippen LogP) is 7.15. The Balaban J connectivity index is 2.18. The lowest BCUT2D eigenvalue weighted by molar-refractivity contribution is 0.464. The SMILES string of the molecule is CCCCCCCCCCCCc1cc(C(C)(C)C)ccc1O. The maximum absolute atomic E-state index is 10.0. The van der Waals surface area contributed by atoms with Gasteiger partial charge in [-0.25, -0.2) is 0 Å². The van der Waals surface area contributed by atoms with Crippen LogP contribution in [0.2, 0.25) is 0 Å². The van der Waals surface area contributed by atoms with E-state index in [0.29, 0.717) is 5.75 Å². The molecule has 0 spiro atoms. The third-order valence-electron chi connectivity index (χ3n) is 4.75. The first-order chi connectivity index (χ1) is 10.9. The Bertz CT molecular complexity index is 428. The number of benzene rings is 1. The van der Waals surface area contributed by atoms with Crippen molar-refractivity contribution in [1.29, 1.82) is 0 Å². The van der Waals surface area contributed by atoms with Crippen LogP contribution in [-0.2, 0) is 11.8 Å². The molecule has 132 valence electrons. The van der Waals surface area contributed by atoms with Crippen LogP contribution in [0.4, 0.5) is 0 Å². The Labute approximate surface area is 144 Å². The molecular weight excluding hydrogens is 280 g/mol. The number of unbranched alkanes of at least 4 members (excludes halogenated alkanes) is 9. The quantitative estimate of drug-likeness (QED) is 0.429. The van der Waals surface area contributed by atoms with Crippen molar-refractivity contribution in [3.8, 4) is 5.75 Å². The third-order valence-corrected chi connectivity index (χ3v) is 4.75. The number of aromatic hydroxyl groups is 1. The maximum atomic E-state index is 10.0. The van der Waals surface area contributed by atoms with Crippen molar-refractivity contribution in [3.05, 3.63) is 29.3 Å². The second-order valence-electron chi connectivity index (χ2n) is 8.03. The van der Waals surface area contributed by atoms with Crippen molar-refractivity contribution >= 4 is 0 Å². The van der Waals surface area contributed by atoms with E-state index in [2.05, 4.69) is 39.8 Å². The summed E-state index contributed by atoms with van der Waals surface area (Å²) in [6, 6.07) is 6.12. The van der Waals surface area contributed by atoms with Crippen molar-refractivity contribution in [2.75, 3.05) is 0 Å². The standard InChI is InChI=1S/C22H38O/c1-5-6-7-8-9-10-11-12-13-14-15-19-18-20(22(2,3)4)16-17-21(19)23/h16-18,23H,5-15H2,1-4H3. The molecule has 1 N–H and O–H groups in total. The molecule has 0 radical (unpaired) electrons. The molecule has 0 aliphatic rings. The van der Waals surface area contributed by atoms with Crippen LogP contribution in [0.1, 0.15) is 103 Å². The summed E-state index contributed by atoms with van der Waals surface area (Å²) in [4.78, 5) is 0. The summed E-state index contributed by atoms with van der Waals surface area (Å²) in [6.45, 7) is 8.95. The lowest BCUT2D eigenvalue weighted by atomic mass is 9.85. The van der Waals surface area contributed by atoms with Crippen LogP contribution in [0.15, 0.2) is 18.2 Å². The zero-order valence-corrected chi connectivity index (χ0v) is 16.0. The molecule has 0 bridgehead atoms. The molecule has 0 saturated heterocycles. The van der Waals surface area contributed by atoms with Crippen molar-refractivity contribution < 1.29 is 5.11 Å². The van der Waals surface area contributed by atoms with E-state index in [1.807, 2.05) is 6.07 Å². The van der Waals surface area contributed by atoms with Gasteiger partial charge in [0.2, 0.25) is 0 Å². The molecular formula is C22H38O. The van der Waals surface area contributed by atoms with Gasteiger partial charge in [0, 0.05) is 0 Å². The first kappa shape index (κ1) is 20.1. The fraction of sp³-hybridized carbons (Fsp3) is 0.727. The van der Waals surface area contributed by atoms with Gasteiger partial charge in [-0.15, -0.1) is 0 Å². The zero-order valence-electron chi connectivity index (χ0n) is 16.0. The highest BCUT2D eigenvalue weighted by Crippen LogP contribution is 2.28. The van der Waals surface area contributed by atoms with E-state index in [1.54, 1.807) is 0 Å². The average molecular weight is 319 g/mol. The van der Waals surface area contributed by atoms with E-state index in [4.69, 9.17) is 0 Å². The largest absolute Gasteiger partial charge is 0.508 e. The second kappa shape index (κ2) is 10.7. The van der Waals surface area contributed by atoms with E-state index in [-0.39, 0.29) is 5.41 Å². The molecule has 23 heavy (non-hydrogen) atoms. The molecule has 1 aromatic carbocycles. The lowest BCUT2D eigenvalue weighted by Crippen LogP contribution is -2.11. The Morgan fingerprint density at radius 1 is 0.783 bits per heavy atom. The molecule has 0 aromatic heterocycles. The van der Waals surface area contributed by atoms with E-state index in [9.17, 15) is 5.11 Å². The first-order valence-electron chi connectivity index (χ1n) is 9.77. The summed E-state index contributed by atoms with van der Waals surface area (Å²) in [5.41, 5.74) is 2.59. The molecule has 0 atom stereocenters. The van der Waals surface area contributed by atoms with Crippen LogP contribution >= 0.6 is 0 Å². The van der Waals surface area contributed by atoms with Crippen LogP contribution in [0.5, 0.6) is 5.75 Å². The van der Waals surface area contributed by atoms with Crippen LogP contribution in [0.3, 0.4) is 0 Å². The summed E-state index contributed by atoms with van der Waals surface area (Å²) in [7, 11) is 0. The highest BCUT2D eigenvalue weighted by atomic mass is 16.3. The van der Waals surface area contributed by atoms with Gasteiger partial charge >= 0.3 is 0 Å². The number of aryl methyl sites for hydroxylation is 1. The molecule has 0 aliphatic heterocycles. The summed E-state index contributed by atoms with van der Waals surface area (Å²) in [5.74, 6) is 0.467. The second-order valence-corrected chi connectivity index (χ2v) is 8.03. The van der Waals surface area contributed by atoms with Gasteiger partial charge in [0.15, 0.2) is 0 Å². The number of hydrogen-bond acceptors (Lipinski definition) is 1. The molecule has 0 saturated carbocycles. The van der Waals surface area contributed by atoms with E-state index in [1.165, 1.54) is 69.8 Å². The predicted molar refractivity (Wildman–Crippen MR) is 102 cm³/mol. The average Bonchev–Trinajstić information content (AvgIpc) is 2.49. The van der Waals surface area contributed by atoms with Crippen molar-refractivity contribution in [2.45, 2.75) is 104 Å². The van der Waals surface area contributed by atoms with E-state index >= 15 is 0 Å². The highest BCUT2D eigenvalue weighted by molar-refractivity contribution is 5.38. The molecule has 1 aromatic rings. The summed E-state index contributed by atoms with van der Waals surface area (Å²) < 4.78 is 0. The van der Waals surface area contributed by atoms with Crippen molar-refractivity contribution in [3.63, 3.8) is 0 Å². The zero-order chi connectivity index (χ0) is 17.1. The van der Waals surface area contributed by atoms with Crippen molar-refractivity contribution in [2.24, 2.45) is 0 Å². The topological polar surface area (TPSA) is 20.2 Å². The van der Waals surface area contributed by atoms with Gasteiger partial charge in [-0.05, 0) is 35.4 Å². The van der Waals surface area contributed by atoms with Gasteiger partial charge < -0.3 is 5.11 Å². The highest BCUT2D eigenvalue weighted by Gasteiger charge is 2.15. The van der Waals surface area contributed by atoms with Crippen LogP contribution < -0.4 is 0 Å². The molecule has 0 fully saturated rings. The molecule has 1 heteroatoms. The fourth-order valence-corrected chi connectivity index (χ4v) is 3.06. The minimum atomic E-state index is 0.153.